The van der Waals surface area contributed by atoms with Gasteiger partial charge in [0.25, 0.3) is 0 Å². The number of aliphatic hydroxyl groups is 1. The van der Waals surface area contributed by atoms with Gasteiger partial charge in [0.1, 0.15) is 5.78 Å². The van der Waals surface area contributed by atoms with Gasteiger partial charge in [0.05, 0.1) is 31.2 Å². The molecule has 0 aromatic heterocycles. The van der Waals surface area contributed by atoms with Gasteiger partial charge in [0.15, 0.2) is 36.5 Å². The number of ketones is 3. The van der Waals surface area contributed by atoms with Crippen molar-refractivity contribution in [3.8, 4) is 0 Å². The highest BCUT2D eigenvalue weighted by Crippen LogP contribution is 2.41. The highest BCUT2D eigenvalue weighted by Gasteiger charge is 2.42. The molecule has 0 spiro atoms. The zero-order valence-electron chi connectivity index (χ0n) is 74.3. The minimum Gasteiger partial charge on any atom is -0.468 e. The van der Waals surface area contributed by atoms with Crippen LogP contribution in [-0.4, -0.2) is 195 Å². The van der Waals surface area contributed by atoms with Gasteiger partial charge in [-0.3, -0.25) is 38.7 Å². The molecule has 0 bridgehead atoms. The van der Waals surface area contributed by atoms with Crippen molar-refractivity contribution in [3.63, 3.8) is 0 Å². The monoisotopic (exact) mass is 1640 g/mol. The Hall–Kier alpha value is -5.37. The zero-order chi connectivity index (χ0) is 84.6. The number of Topliss-reactive ketones (excluding diaryl/α,β-unsaturated/α-hetero) is 3. The Morgan fingerprint density at radius 1 is 0.421 bits per heavy atom. The van der Waals surface area contributed by atoms with Crippen LogP contribution in [0.1, 0.15) is 228 Å². The Labute approximate surface area is 698 Å². The third-order valence-electron chi connectivity index (χ3n) is 24.5. The molecular formula is C94H150ClN5O11Si3. The van der Waals surface area contributed by atoms with Crippen molar-refractivity contribution in [2.45, 2.75) is 289 Å². The Kier molecular flexibility index (Phi) is 41.3. The third kappa shape index (κ3) is 34.2. The highest BCUT2D eigenvalue weighted by atomic mass is 35.5. The van der Waals surface area contributed by atoms with Gasteiger partial charge < -0.3 is 38.1 Å². The summed E-state index contributed by atoms with van der Waals surface area (Å²) in [7, 11) is -2.07. The second kappa shape index (κ2) is 47.4. The van der Waals surface area contributed by atoms with Crippen LogP contribution in [0.3, 0.4) is 0 Å². The van der Waals surface area contributed by atoms with Crippen LogP contribution < -0.4 is 5.32 Å². The zero-order valence-corrected chi connectivity index (χ0v) is 78.0. The fourth-order valence-corrected chi connectivity index (χ4v) is 18.0. The molecule has 0 aliphatic carbocycles. The molecule has 636 valence electrons. The third-order valence-corrected chi connectivity index (χ3v) is 38.4. The van der Waals surface area contributed by atoms with E-state index in [0.29, 0.717) is 70.4 Å². The minimum absolute atomic E-state index is 0.0676. The molecule has 20 heteroatoms. The number of likely N-dealkylation sites (tertiary alicyclic amines) is 4. The summed E-state index contributed by atoms with van der Waals surface area (Å²) in [5, 5.41) is 13.6. The van der Waals surface area contributed by atoms with Crippen molar-refractivity contribution < 1.29 is 51.8 Å². The van der Waals surface area contributed by atoms with Gasteiger partial charge >= 0.3 is 11.9 Å². The van der Waals surface area contributed by atoms with Crippen molar-refractivity contribution in [1.82, 2.24) is 24.9 Å². The van der Waals surface area contributed by atoms with Crippen molar-refractivity contribution in [3.05, 3.63) is 178 Å². The van der Waals surface area contributed by atoms with Crippen LogP contribution >= 0.6 is 11.6 Å². The molecule has 16 nitrogen and oxygen atoms in total. The van der Waals surface area contributed by atoms with Gasteiger partial charge in [-0.25, -0.2) is 0 Å². The molecule has 0 atom stereocenters. The molecule has 5 fully saturated rings. The van der Waals surface area contributed by atoms with E-state index >= 15 is 0 Å². The number of aliphatic hydroxyl groups excluding tert-OH is 1. The first kappa shape index (κ1) is 99.2. The molecule has 0 unspecified atom stereocenters. The fourth-order valence-electron chi connectivity index (χ4n) is 13.6. The van der Waals surface area contributed by atoms with Crippen molar-refractivity contribution >= 4 is 65.8 Å². The quantitative estimate of drug-likeness (QED) is 0.0244. The van der Waals surface area contributed by atoms with E-state index in [4.69, 9.17) is 34.4 Å². The topological polar surface area (TPSA) is 177 Å². The van der Waals surface area contributed by atoms with Gasteiger partial charge in [-0.15, -0.1) is 11.6 Å². The van der Waals surface area contributed by atoms with Crippen LogP contribution in [0.2, 0.25) is 54.4 Å². The second-order valence-electron chi connectivity index (χ2n) is 37.5. The van der Waals surface area contributed by atoms with Crippen LogP contribution in [0.4, 0.5) is 0 Å². The van der Waals surface area contributed by atoms with Crippen molar-refractivity contribution in [1.29, 1.82) is 0 Å². The molecule has 0 saturated carbocycles. The Morgan fingerprint density at radius 3 is 1.04 bits per heavy atom. The summed E-state index contributed by atoms with van der Waals surface area (Å²) < 4.78 is 29.1. The Balaban J connectivity index is 0.000000252. The molecule has 5 aliphatic heterocycles. The lowest BCUT2D eigenvalue weighted by atomic mass is 9.84. The molecule has 114 heavy (non-hydrogen) atoms. The lowest BCUT2D eigenvalue weighted by Crippen LogP contribution is -2.47. The summed E-state index contributed by atoms with van der Waals surface area (Å²) in [6.07, 6.45) is 14.0. The van der Waals surface area contributed by atoms with Gasteiger partial charge in [-0.2, -0.15) is 0 Å². The molecule has 5 saturated heterocycles. The van der Waals surface area contributed by atoms with Crippen LogP contribution in [0.25, 0.3) is 0 Å². The molecule has 5 aliphatic rings. The smallest absolute Gasteiger partial charge is 0.315 e. The number of piperidine rings is 5. The first-order valence-corrected chi connectivity index (χ1v) is 51.7. The number of esters is 2. The first-order valence-electron chi connectivity index (χ1n) is 42.5. The maximum Gasteiger partial charge on any atom is 0.315 e. The predicted molar refractivity (Wildman–Crippen MR) is 479 cm³/mol. The predicted octanol–water partition coefficient (Wildman–Crippen LogP) is 19.9. The minimum atomic E-state index is -1.71. The molecule has 5 aromatic rings. The highest BCUT2D eigenvalue weighted by molar-refractivity contribution is 6.75. The number of carbonyl (C=O) groups is 5. The average molecular weight is 1650 g/mol. The number of nitrogens with one attached hydrogen (secondary N) is 1. The lowest BCUT2D eigenvalue weighted by Gasteiger charge is -2.42. The number of halogens is 1. The number of hydrogen-bond donors (Lipinski definition) is 2. The average Bonchev–Trinajstić information content (AvgIpc) is 0.835. The summed E-state index contributed by atoms with van der Waals surface area (Å²) in [5.74, 6) is 0.545. The van der Waals surface area contributed by atoms with Gasteiger partial charge in [0.2, 0.25) is 0 Å². The maximum absolute atomic E-state index is 12.6. The van der Waals surface area contributed by atoms with Crippen LogP contribution in [-0.2, 0) is 67.6 Å². The summed E-state index contributed by atoms with van der Waals surface area (Å²) in [6.45, 7) is 56.7. The van der Waals surface area contributed by atoms with Gasteiger partial charge in [-0.05, 0) is 194 Å². The van der Waals surface area contributed by atoms with E-state index in [2.05, 4.69) is 205 Å². The number of nitrogens with zero attached hydrogens (tertiary/aromatic N) is 4. The Morgan fingerprint density at radius 2 is 0.719 bits per heavy atom. The summed E-state index contributed by atoms with van der Waals surface area (Å²) in [4.78, 5) is 68.9. The van der Waals surface area contributed by atoms with E-state index in [1.807, 2.05) is 50.2 Å². The standard InChI is InChI=1S/C26H43NO4Si.C18H31NOSi.C15H19ClO3.C12H17NO.C12H15NO.C11H25NOSi/c1-25(2,3)32(7,8)31-22-15-18-27(19-16-22)17-9-10-23(28)20-11-13-21(14-12-20)26(4,5)24(29)30-6;1-18(2,3)21(4,5)20-17-11-13-19(14-12-17)15-16-9-7-6-8-10-16;1-15(2,14(18)19-3)12-8-6-11(7-9-12)13(17)5-4-10-16;2*14-12-6-8-13(9-7-12)10-11-4-2-1-3-5-11;1-11(2,3)14(4,5)13-10-6-8-12-9-7-10/h11-14,22H,9-10,15-19H2,1-8H3;6-10,17H,11-15H2,1-5H3;6-9H,4-5,10H2,1-3H3;1-5,12,14H,6-10H2;1-5H,6-10H2;10,12H,6-9H2,1-5H3. The molecule has 0 radical (unpaired) electrons. The summed E-state index contributed by atoms with van der Waals surface area (Å²) in [6, 6.07) is 46.2. The number of ether oxygens (including phenoxy) is 2. The fraction of sp³-hybridized carbons (Fsp3) is 0.628. The van der Waals surface area contributed by atoms with Crippen LogP contribution in [0, 0.1) is 0 Å². The van der Waals surface area contributed by atoms with Gasteiger partial charge in [0, 0.05) is 133 Å². The number of methoxy groups -OCH3 is 2. The summed E-state index contributed by atoms with van der Waals surface area (Å²) >= 11 is 5.57. The largest absolute Gasteiger partial charge is 0.468 e. The molecule has 5 aromatic carbocycles. The number of benzene rings is 5. The van der Waals surface area contributed by atoms with E-state index in [9.17, 15) is 29.1 Å². The van der Waals surface area contributed by atoms with E-state index in [-0.39, 0.29) is 34.6 Å². The molecule has 0 amide bonds. The van der Waals surface area contributed by atoms with E-state index < -0.39 is 35.8 Å². The molecule has 5 heterocycles. The molecule has 10 rings (SSSR count). The number of alkyl halides is 1. The van der Waals surface area contributed by atoms with E-state index in [1.54, 1.807) is 38.1 Å². The van der Waals surface area contributed by atoms with E-state index in [0.717, 1.165) is 148 Å². The normalized spacial score (nSPS) is 17.3. The van der Waals surface area contributed by atoms with Crippen LogP contribution in [0.15, 0.2) is 140 Å². The second-order valence-corrected chi connectivity index (χ2v) is 52.2. The Bertz CT molecular complexity index is 3580. The number of rotatable bonds is 25. The van der Waals surface area contributed by atoms with Crippen molar-refractivity contribution in [2.75, 3.05) is 92.1 Å². The lowest BCUT2D eigenvalue weighted by molar-refractivity contribution is -0.147. The first-order chi connectivity index (χ1) is 53.5. The van der Waals surface area contributed by atoms with Crippen LogP contribution in [0.5, 0.6) is 0 Å². The van der Waals surface area contributed by atoms with Gasteiger partial charge in [-0.1, -0.05) is 202 Å². The van der Waals surface area contributed by atoms with E-state index in [1.165, 1.54) is 56.6 Å². The number of carbonyl (C=O) groups excluding carboxylic acids is 5. The SMILES string of the molecule is CC(C)(C)[Si](C)(C)OC1CCN(Cc2ccccc2)CC1.CC(C)(C)[Si](C)(C)OC1CCNCC1.COC(=O)C(C)(C)c1ccc(C(=O)CCCCl)cc1.COC(=O)C(C)(C)c1ccc(C(=O)CCCN2CCC(O[Si](C)(C)C(C)(C)C)CC2)cc1.O=C1CCN(Cc2ccccc2)CC1.OC1CCN(Cc2ccccc2)CC1. The molecule has 2 N–H and O–H groups in total. The summed E-state index contributed by atoms with van der Waals surface area (Å²) in [5.41, 5.74) is 5.71. The molecular weight excluding hydrogens is 1490 g/mol. The number of hydrogen-bond acceptors (Lipinski definition) is 16. The van der Waals surface area contributed by atoms with Crippen molar-refractivity contribution in [2.24, 2.45) is 0 Å². The maximum atomic E-state index is 12.6.